The van der Waals surface area contributed by atoms with Gasteiger partial charge in [-0.1, -0.05) is 48.5 Å². The Labute approximate surface area is 159 Å². The number of imidazole rings is 2. The van der Waals surface area contributed by atoms with E-state index in [1.165, 1.54) is 4.57 Å². The summed E-state index contributed by atoms with van der Waals surface area (Å²) in [6.07, 6.45) is 1.82. The third-order valence-electron chi connectivity index (χ3n) is 4.82. The van der Waals surface area contributed by atoms with Crippen LogP contribution in [-0.2, 0) is 6.54 Å². The Morgan fingerprint density at radius 2 is 1.68 bits per heavy atom. The van der Waals surface area contributed by atoms with E-state index in [1.807, 2.05) is 79.0 Å². The molecule has 0 radical (unpaired) electrons. The second-order valence-corrected chi connectivity index (χ2v) is 6.56. The Balaban J connectivity index is 1.67. The van der Waals surface area contributed by atoms with Gasteiger partial charge in [0.25, 0.3) is 0 Å². The van der Waals surface area contributed by atoms with Gasteiger partial charge in [-0.3, -0.25) is 13.8 Å². The van der Waals surface area contributed by atoms with Crippen LogP contribution in [0.2, 0.25) is 0 Å². The summed E-state index contributed by atoms with van der Waals surface area (Å²) in [5, 5.41) is 0. The van der Waals surface area contributed by atoms with Crippen LogP contribution in [0.1, 0.15) is 10.5 Å². The predicted octanol–water partition coefficient (Wildman–Crippen LogP) is 3.53. The maximum Gasteiger partial charge on any atom is 0.326 e. The highest BCUT2D eigenvalue weighted by Gasteiger charge is 2.22. The zero-order valence-electron chi connectivity index (χ0n) is 14.9. The van der Waals surface area contributed by atoms with Crippen LogP contribution in [0.4, 0.5) is 0 Å². The number of carbonyl (C=O) groups is 1. The predicted molar refractivity (Wildman–Crippen MR) is 108 cm³/mol. The highest BCUT2D eigenvalue weighted by molar-refractivity contribution is 6.01. The smallest absolute Gasteiger partial charge is 0.306 e. The minimum atomic E-state index is -0.301. The number of rotatable bonds is 4. The van der Waals surface area contributed by atoms with Crippen LogP contribution < -0.4 is 5.69 Å². The second kappa shape index (κ2) is 6.35. The van der Waals surface area contributed by atoms with Gasteiger partial charge in [-0.15, -0.1) is 0 Å². The Morgan fingerprint density at radius 1 is 0.929 bits per heavy atom. The molecule has 136 valence electrons. The average molecular weight is 368 g/mol. The van der Waals surface area contributed by atoms with Crippen molar-refractivity contribution in [3.63, 3.8) is 0 Å². The number of H-pyrrole nitrogens is 1. The molecule has 0 aliphatic rings. The Bertz CT molecular complexity index is 1380. The molecule has 6 heteroatoms. The highest BCUT2D eigenvalue weighted by Crippen LogP contribution is 2.25. The third kappa shape index (κ3) is 2.54. The summed E-state index contributed by atoms with van der Waals surface area (Å²) in [6, 6.07) is 22.6. The summed E-state index contributed by atoms with van der Waals surface area (Å²) >= 11 is 0. The maximum absolute atomic E-state index is 13.3. The van der Waals surface area contributed by atoms with Crippen molar-refractivity contribution in [1.29, 1.82) is 0 Å². The highest BCUT2D eigenvalue weighted by atomic mass is 16.2. The van der Waals surface area contributed by atoms with E-state index in [0.29, 0.717) is 28.1 Å². The zero-order chi connectivity index (χ0) is 19.1. The molecule has 5 rings (SSSR count). The normalized spacial score (nSPS) is 11.3. The summed E-state index contributed by atoms with van der Waals surface area (Å²) in [4.78, 5) is 33.2. The summed E-state index contributed by atoms with van der Waals surface area (Å²) in [5.74, 6) is -0.176. The number of benzene rings is 2. The maximum atomic E-state index is 13.3. The van der Waals surface area contributed by atoms with Crippen molar-refractivity contribution in [3.8, 4) is 11.3 Å². The SMILES string of the molecule is O=C(Cn1c(=O)[nH]c2ccccc21)c1c(-c2ccccc2)nc2ccccn12. The lowest BCUT2D eigenvalue weighted by Crippen LogP contribution is -2.23. The van der Waals surface area contributed by atoms with Crippen molar-refractivity contribution in [2.45, 2.75) is 6.54 Å². The Hall–Kier alpha value is -3.93. The number of aromatic amines is 1. The van der Waals surface area contributed by atoms with Gasteiger partial charge >= 0.3 is 5.69 Å². The van der Waals surface area contributed by atoms with E-state index < -0.39 is 0 Å². The van der Waals surface area contributed by atoms with E-state index in [-0.39, 0.29) is 18.0 Å². The summed E-state index contributed by atoms with van der Waals surface area (Å²) < 4.78 is 3.25. The van der Waals surface area contributed by atoms with Crippen LogP contribution in [0.15, 0.2) is 83.8 Å². The van der Waals surface area contributed by atoms with Crippen molar-refractivity contribution < 1.29 is 4.79 Å². The molecule has 5 aromatic rings. The van der Waals surface area contributed by atoms with Gasteiger partial charge in [0.1, 0.15) is 17.0 Å². The molecule has 0 fully saturated rings. The Kier molecular flexibility index (Phi) is 3.69. The number of Topliss-reactive ketones (excluding diaryl/α,β-unsaturated/α-hetero) is 1. The molecule has 0 bridgehead atoms. The number of fused-ring (bicyclic) bond motifs is 2. The molecular formula is C22H16N4O2. The lowest BCUT2D eigenvalue weighted by Gasteiger charge is -2.06. The monoisotopic (exact) mass is 368 g/mol. The van der Waals surface area contributed by atoms with Gasteiger partial charge < -0.3 is 4.98 Å². The molecule has 0 aliphatic carbocycles. The zero-order valence-corrected chi connectivity index (χ0v) is 14.9. The quantitative estimate of drug-likeness (QED) is 0.493. The molecule has 6 nitrogen and oxygen atoms in total. The van der Waals surface area contributed by atoms with Gasteiger partial charge in [0.05, 0.1) is 17.6 Å². The van der Waals surface area contributed by atoms with E-state index in [1.54, 1.807) is 4.40 Å². The molecular weight excluding hydrogens is 352 g/mol. The molecule has 0 amide bonds. The van der Waals surface area contributed by atoms with Crippen molar-refractivity contribution in [2.24, 2.45) is 0 Å². The van der Waals surface area contributed by atoms with E-state index in [4.69, 9.17) is 0 Å². The number of carbonyl (C=O) groups excluding carboxylic acids is 1. The van der Waals surface area contributed by atoms with Gasteiger partial charge in [-0.25, -0.2) is 9.78 Å². The van der Waals surface area contributed by atoms with E-state index in [9.17, 15) is 9.59 Å². The minimum absolute atomic E-state index is 0.0641. The van der Waals surface area contributed by atoms with Gasteiger partial charge in [0, 0.05) is 11.8 Å². The number of aromatic nitrogens is 4. The topological polar surface area (TPSA) is 72.2 Å². The summed E-state index contributed by atoms with van der Waals surface area (Å²) in [7, 11) is 0. The van der Waals surface area contributed by atoms with E-state index in [2.05, 4.69) is 9.97 Å². The first-order valence-corrected chi connectivity index (χ1v) is 8.95. The molecule has 2 aromatic carbocycles. The molecule has 3 aromatic heterocycles. The van der Waals surface area contributed by atoms with Gasteiger partial charge in [-0.2, -0.15) is 0 Å². The first-order chi connectivity index (χ1) is 13.7. The van der Waals surface area contributed by atoms with Crippen LogP contribution in [0.3, 0.4) is 0 Å². The fourth-order valence-electron chi connectivity index (χ4n) is 3.54. The lowest BCUT2D eigenvalue weighted by atomic mass is 10.1. The molecule has 1 N–H and O–H groups in total. The van der Waals surface area contributed by atoms with Crippen molar-refractivity contribution >= 4 is 22.5 Å². The van der Waals surface area contributed by atoms with Gasteiger partial charge in [-0.05, 0) is 24.3 Å². The first kappa shape index (κ1) is 16.3. The Morgan fingerprint density at radius 3 is 2.54 bits per heavy atom. The second-order valence-electron chi connectivity index (χ2n) is 6.56. The molecule has 0 saturated heterocycles. The van der Waals surface area contributed by atoms with Gasteiger partial charge in [0.2, 0.25) is 5.78 Å². The molecule has 3 heterocycles. The number of ketones is 1. The fraction of sp³-hybridized carbons (Fsp3) is 0.0455. The van der Waals surface area contributed by atoms with E-state index >= 15 is 0 Å². The molecule has 0 spiro atoms. The number of hydrogen-bond donors (Lipinski definition) is 1. The third-order valence-corrected chi connectivity index (χ3v) is 4.82. The lowest BCUT2D eigenvalue weighted by molar-refractivity contribution is 0.0967. The standard InChI is InChI=1S/C22H16N4O2/c27-18(14-26-17-11-5-4-10-16(17)23-22(26)28)21-20(15-8-2-1-3-9-15)24-19-12-6-7-13-25(19)21/h1-13H,14H2,(H,23,28). The van der Waals surface area contributed by atoms with E-state index in [0.717, 1.165) is 5.56 Å². The molecule has 28 heavy (non-hydrogen) atoms. The van der Waals surface area contributed by atoms with Crippen molar-refractivity contribution in [3.05, 3.63) is 95.2 Å². The van der Waals surface area contributed by atoms with Gasteiger partial charge in [0.15, 0.2) is 0 Å². The number of nitrogens with zero attached hydrogens (tertiary/aromatic N) is 3. The minimum Gasteiger partial charge on any atom is -0.306 e. The fourth-order valence-corrected chi connectivity index (χ4v) is 3.54. The molecule has 0 saturated carbocycles. The number of hydrogen-bond acceptors (Lipinski definition) is 3. The number of nitrogens with one attached hydrogen (secondary N) is 1. The number of pyridine rings is 1. The largest absolute Gasteiger partial charge is 0.326 e. The number of para-hydroxylation sites is 2. The first-order valence-electron chi connectivity index (χ1n) is 8.95. The molecule has 0 atom stereocenters. The molecule has 0 aliphatic heterocycles. The average Bonchev–Trinajstić information content (AvgIpc) is 3.27. The van der Waals surface area contributed by atoms with Crippen molar-refractivity contribution in [1.82, 2.24) is 18.9 Å². The van der Waals surface area contributed by atoms with Crippen LogP contribution in [0.25, 0.3) is 27.9 Å². The molecule has 0 unspecified atom stereocenters. The van der Waals surface area contributed by atoms with Crippen LogP contribution >= 0.6 is 0 Å². The summed E-state index contributed by atoms with van der Waals surface area (Å²) in [5.41, 5.74) is 3.75. The van der Waals surface area contributed by atoms with Crippen LogP contribution in [0, 0.1) is 0 Å². The summed E-state index contributed by atoms with van der Waals surface area (Å²) in [6.45, 7) is -0.0641. The van der Waals surface area contributed by atoms with Crippen LogP contribution in [-0.4, -0.2) is 24.7 Å². The van der Waals surface area contributed by atoms with Crippen molar-refractivity contribution in [2.75, 3.05) is 0 Å². The van der Waals surface area contributed by atoms with Crippen LogP contribution in [0.5, 0.6) is 0 Å².